The van der Waals surface area contributed by atoms with Crippen LogP contribution in [0.4, 0.5) is 0 Å². The predicted molar refractivity (Wildman–Crippen MR) is 2.91 cm³/mol. The standard InChI is InChI=1S/K.H2O.2O.Ti/h;1H2;;;/q+1;;;-1;+1/p-1. The summed E-state index contributed by atoms with van der Waals surface area (Å²) in [5.74, 6) is 0. The molecule has 24 valence electrons. The van der Waals surface area contributed by atoms with E-state index in [2.05, 4.69) is 0 Å². The zero-order chi connectivity index (χ0) is 3.58. The van der Waals surface area contributed by atoms with E-state index in [0.29, 0.717) is 0 Å². The SMILES string of the molecule is [K+].[O]=[Ti]([O-])[OH]. The molecule has 5 heavy (non-hydrogen) atoms. The molecule has 1 N–H and O–H groups in total. The summed E-state index contributed by atoms with van der Waals surface area (Å²) < 4.78 is 24.5. The Morgan fingerprint density at radius 2 is 1.80 bits per heavy atom. The van der Waals surface area contributed by atoms with Gasteiger partial charge in [-0.05, 0) is 0 Å². The van der Waals surface area contributed by atoms with E-state index in [-0.39, 0.29) is 51.4 Å². The van der Waals surface area contributed by atoms with Gasteiger partial charge in [0.15, 0.2) is 0 Å². The zero-order valence-corrected chi connectivity index (χ0v) is 7.45. The fourth-order valence-electron chi connectivity index (χ4n) is 0. The van der Waals surface area contributed by atoms with Crippen LogP contribution in [0.25, 0.3) is 0 Å². The van der Waals surface area contributed by atoms with E-state index >= 15 is 0 Å². The monoisotopic (exact) mass is 136 g/mol. The first-order valence-corrected chi connectivity index (χ1v) is 2.61. The molecule has 0 heterocycles. The average molecular weight is 136 g/mol. The molecule has 0 radical (unpaired) electrons. The molecular weight excluding hydrogens is 135 g/mol. The van der Waals surface area contributed by atoms with Crippen molar-refractivity contribution in [3.63, 3.8) is 0 Å². The Balaban J connectivity index is 0. The van der Waals surface area contributed by atoms with Gasteiger partial charge in [-0.2, -0.15) is 0 Å². The molecule has 0 rings (SSSR count). The van der Waals surface area contributed by atoms with Crippen molar-refractivity contribution in [1.82, 2.24) is 0 Å². The summed E-state index contributed by atoms with van der Waals surface area (Å²) in [5.41, 5.74) is 0. The van der Waals surface area contributed by atoms with Crippen LogP contribution in [0.2, 0.25) is 0 Å². The van der Waals surface area contributed by atoms with Crippen molar-refractivity contribution in [3.8, 4) is 0 Å². The van der Waals surface area contributed by atoms with Gasteiger partial charge in [0.1, 0.15) is 0 Å². The second-order valence-electron chi connectivity index (χ2n) is 0.266. The van der Waals surface area contributed by atoms with Crippen molar-refractivity contribution in [2.45, 2.75) is 0 Å². The molecule has 0 fully saturated rings. The third kappa shape index (κ3) is 23.5. The van der Waals surface area contributed by atoms with Crippen molar-refractivity contribution in [3.05, 3.63) is 0 Å². The summed E-state index contributed by atoms with van der Waals surface area (Å²) in [6.07, 6.45) is 0. The van der Waals surface area contributed by atoms with Gasteiger partial charge < -0.3 is 0 Å². The predicted octanol–water partition coefficient (Wildman–Crippen LogP) is -4.86. The molecule has 0 bridgehead atoms. The third-order valence-corrected chi connectivity index (χ3v) is 0. The van der Waals surface area contributed by atoms with Gasteiger partial charge in [-0.15, -0.1) is 0 Å². The Labute approximate surface area is 78.9 Å². The second kappa shape index (κ2) is 6.07. The fraction of sp³-hybridized carbons (Fsp3) is 0. The molecule has 0 aliphatic heterocycles. The van der Waals surface area contributed by atoms with Gasteiger partial charge >= 0.3 is 80.7 Å². The van der Waals surface area contributed by atoms with Crippen LogP contribution in [0.1, 0.15) is 0 Å². The van der Waals surface area contributed by atoms with Gasteiger partial charge in [0.2, 0.25) is 0 Å². The second-order valence-corrected chi connectivity index (χ2v) is 1.10. The van der Waals surface area contributed by atoms with Crippen LogP contribution >= 0.6 is 0 Å². The molecule has 0 unspecified atom stereocenters. The van der Waals surface area contributed by atoms with Gasteiger partial charge in [0, 0.05) is 0 Å². The van der Waals surface area contributed by atoms with E-state index in [9.17, 15) is 0 Å². The number of hydrogen-bond acceptors (Lipinski definition) is 2. The Morgan fingerprint density at radius 1 is 1.80 bits per heavy atom. The van der Waals surface area contributed by atoms with Crippen molar-refractivity contribution >= 4 is 0 Å². The van der Waals surface area contributed by atoms with Gasteiger partial charge in [-0.1, -0.05) is 0 Å². The van der Waals surface area contributed by atoms with Crippen molar-refractivity contribution in [1.29, 1.82) is 0 Å². The Hall–Kier alpha value is 2.07. The molecule has 0 spiro atoms. The Morgan fingerprint density at radius 3 is 1.80 bits per heavy atom. The molecule has 3 nitrogen and oxygen atoms in total. The van der Waals surface area contributed by atoms with Gasteiger partial charge in [-0.3, -0.25) is 0 Å². The van der Waals surface area contributed by atoms with Crippen LogP contribution in [0.3, 0.4) is 0 Å². The van der Waals surface area contributed by atoms with Crippen LogP contribution in [-0.4, -0.2) is 3.69 Å². The van der Waals surface area contributed by atoms with Gasteiger partial charge in [0.05, 0.1) is 0 Å². The molecule has 0 amide bonds. The van der Waals surface area contributed by atoms with Crippen LogP contribution < -0.4 is 55.1 Å². The molecule has 0 aromatic heterocycles. The molecule has 0 aliphatic rings. The zero-order valence-electron chi connectivity index (χ0n) is 2.76. The molecule has 0 atom stereocenters. The van der Waals surface area contributed by atoms with E-state index in [1.165, 1.54) is 0 Å². The molecule has 0 aromatic rings. The van der Waals surface area contributed by atoms with Crippen molar-refractivity contribution < 1.29 is 80.7 Å². The first-order chi connectivity index (χ1) is 1.73. The number of rotatable bonds is 0. The summed E-state index contributed by atoms with van der Waals surface area (Å²) in [7, 11) is 0. The van der Waals surface area contributed by atoms with E-state index in [4.69, 9.17) is 10.7 Å². The van der Waals surface area contributed by atoms with E-state index in [1.807, 2.05) is 0 Å². The minimum absolute atomic E-state index is 0. The van der Waals surface area contributed by atoms with E-state index < -0.39 is 18.6 Å². The van der Waals surface area contributed by atoms with E-state index in [1.54, 1.807) is 0 Å². The first-order valence-electron chi connectivity index (χ1n) is 0.632. The molecular formula is HKO3Ti. The summed E-state index contributed by atoms with van der Waals surface area (Å²) in [5, 5.41) is 0. The molecule has 5 heteroatoms. The fourth-order valence-corrected chi connectivity index (χ4v) is 0. The molecule has 0 aromatic carbocycles. The summed E-state index contributed by atoms with van der Waals surface area (Å²) >= 11 is -3.83. The van der Waals surface area contributed by atoms with Crippen molar-refractivity contribution in [2.75, 3.05) is 0 Å². The van der Waals surface area contributed by atoms with Crippen LogP contribution in [0.5, 0.6) is 0 Å². The maximum atomic E-state index is 8.69. The third-order valence-electron chi connectivity index (χ3n) is 0. The van der Waals surface area contributed by atoms with Gasteiger partial charge in [0.25, 0.3) is 0 Å². The first kappa shape index (κ1) is 10.1. The van der Waals surface area contributed by atoms with Crippen LogP contribution in [0.15, 0.2) is 0 Å². The molecule has 0 aliphatic carbocycles. The minimum atomic E-state index is -3.83. The van der Waals surface area contributed by atoms with E-state index in [0.717, 1.165) is 0 Å². The summed E-state index contributed by atoms with van der Waals surface area (Å²) in [6, 6.07) is 0. The molecule has 0 saturated carbocycles. The maximum absolute atomic E-state index is 8.69. The topological polar surface area (TPSA) is 60.4 Å². The summed E-state index contributed by atoms with van der Waals surface area (Å²) in [6.45, 7) is 0. The summed E-state index contributed by atoms with van der Waals surface area (Å²) in [4.78, 5) is 0. The van der Waals surface area contributed by atoms with Crippen molar-refractivity contribution in [2.24, 2.45) is 0 Å². The molecule has 0 saturated heterocycles. The van der Waals surface area contributed by atoms with Gasteiger partial charge in [-0.25, -0.2) is 0 Å². The number of hydrogen-bond donors (Lipinski definition) is 1. The Kier molecular flexibility index (Phi) is 12.3. The van der Waals surface area contributed by atoms with Crippen LogP contribution in [-0.2, 0) is 21.9 Å². The van der Waals surface area contributed by atoms with Crippen LogP contribution in [0, 0.1) is 0 Å². The average Bonchev–Trinajstić information content (AvgIpc) is 0.811. The normalized spacial score (nSPS) is 5.20. The Bertz CT molecular complexity index is 29.9. The quantitative estimate of drug-likeness (QED) is 0.339.